The first kappa shape index (κ1) is 14.8. The number of likely N-dealkylation sites (tertiary alicyclic amines) is 1. The average molecular weight is 311 g/mol. The van der Waals surface area contributed by atoms with Crippen molar-refractivity contribution in [3.63, 3.8) is 0 Å². The largest absolute Gasteiger partial charge is 0.383 e. The summed E-state index contributed by atoms with van der Waals surface area (Å²) in [5, 5.41) is 4.61. The van der Waals surface area contributed by atoms with E-state index >= 15 is 0 Å². The molecule has 2 saturated heterocycles. The second-order valence-electron chi connectivity index (χ2n) is 6.86. The van der Waals surface area contributed by atoms with Crippen molar-refractivity contribution in [3.05, 3.63) is 30.1 Å². The van der Waals surface area contributed by atoms with E-state index in [1.54, 1.807) is 0 Å². The van der Waals surface area contributed by atoms with E-state index in [4.69, 9.17) is 5.73 Å². The lowest BCUT2D eigenvalue weighted by Crippen LogP contribution is -2.40. The number of piperidine rings is 1. The zero-order valence-electron chi connectivity index (χ0n) is 13.5. The summed E-state index contributed by atoms with van der Waals surface area (Å²) in [7, 11) is 0. The van der Waals surface area contributed by atoms with Crippen LogP contribution in [0.5, 0.6) is 0 Å². The van der Waals surface area contributed by atoms with E-state index in [0.29, 0.717) is 5.82 Å². The summed E-state index contributed by atoms with van der Waals surface area (Å²) in [6.45, 7) is 4.28. The Morgan fingerprint density at radius 1 is 1.13 bits per heavy atom. The van der Waals surface area contributed by atoms with Crippen LogP contribution in [0.1, 0.15) is 31.5 Å². The van der Waals surface area contributed by atoms with Crippen LogP contribution in [0.15, 0.2) is 24.3 Å². The van der Waals surface area contributed by atoms with E-state index in [1.807, 2.05) is 24.3 Å². The summed E-state index contributed by atoms with van der Waals surface area (Å²) >= 11 is 0. The zero-order chi connectivity index (χ0) is 15.6. The van der Waals surface area contributed by atoms with E-state index < -0.39 is 0 Å². The molecule has 2 fully saturated rings. The maximum atomic E-state index is 6.09. The van der Waals surface area contributed by atoms with Gasteiger partial charge in [-0.2, -0.15) is 0 Å². The standard InChI is InChI=1S/C18H25N5/c19-18-14-4-1-2-5-16(14)21-17(22-18)12-23-10-7-13(8-11-23)15-6-3-9-20-15/h1-2,4-5,13,15,20H,3,6-12H2,(H2,19,21,22). The van der Waals surface area contributed by atoms with Gasteiger partial charge in [-0.05, 0) is 63.4 Å². The molecule has 1 aromatic heterocycles. The summed E-state index contributed by atoms with van der Waals surface area (Å²) in [6.07, 6.45) is 5.26. The molecule has 1 unspecified atom stereocenters. The fourth-order valence-electron chi connectivity index (χ4n) is 4.05. The lowest BCUT2D eigenvalue weighted by molar-refractivity contribution is 0.154. The Hall–Kier alpha value is -1.72. The number of para-hydroxylation sites is 1. The maximum absolute atomic E-state index is 6.09. The highest BCUT2D eigenvalue weighted by atomic mass is 15.2. The highest BCUT2D eigenvalue weighted by Gasteiger charge is 2.28. The molecule has 1 aromatic carbocycles. The van der Waals surface area contributed by atoms with Crippen LogP contribution in [-0.4, -0.2) is 40.5 Å². The van der Waals surface area contributed by atoms with Crippen LogP contribution in [-0.2, 0) is 6.54 Å². The third kappa shape index (κ3) is 3.16. The normalized spacial score (nSPS) is 23.6. The third-order valence-electron chi connectivity index (χ3n) is 5.34. The molecule has 0 bridgehead atoms. The maximum Gasteiger partial charge on any atom is 0.145 e. The Bertz CT molecular complexity index is 672. The van der Waals surface area contributed by atoms with Gasteiger partial charge in [0.05, 0.1) is 12.1 Å². The van der Waals surface area contributed by atoms with Crippen LogP contribution in [0.4, 0.5) is 5.82 Å². The molecule has 2 aliphatic rings. The second-order valence-corrected chi connectivity index (χ2v) is 6.86. The SMILES string of the molecule is Nc1nc(CN2CCC(C3CCCN3)CC2)nc2ccccc12. The van der Waals surface area contributed by atoms with Crippen LogP contribution in [0, 0.1) is 5.92 Å². The Labute approximate surface area is 137 Å². The molecule has 2 aromatic rings. The van der Waals surface area contributed by atoms with Crippen molar-refractivity contribution < 1.29 is 0 Å². The molecule has 2 aliphatic heterocycles. The highest BCUT2D eigenvalue weighted by Crippen LogP contribution is 2.26. The smallest absolute Gasteiger partial charge is 0.145 e. The molecular formula is C18H25N5. The minimum absolute atomic E-state index is 0.593. The van der Waals surface area contributed by atoms with Crippen molar-refractivity contribution in [1.82, 2.24) is 20.2 Å². The number of hydrogen-bond donors (Lipinski definition) is 2. The van der Waals surface area contributed by atoms with E-state index in [0.717, 1.165) is 48.3 Å². The number of nitrogen functional groups attached to an aromatic ring is 1. The second kappa shape index (κ2) is 6.42. The molecule has 5 nitrogen and oxygen atoms in total. The Morgan fingerprint density at radius 3 is 2.74 bits per heavy atom. The van der Waals surface area contributed by atoms with Crippen LogP contribution in [0.2, 0.25) is 0 Å². The number of aromatic nitrogens is 2. The molecular weight excluding hydrogens is 286 g/mol. The monoisotopic (exact) mass is 311 g/mol. The first-order chi connectivity index (χ1) is 11.3. The summed E-state index contributed by atoms with van der Waals surface area (Å²) in [5.41, 5.74) is 7.03. The van der Waals surface area contributed by atoms with Gasteiger partial charge in [-0.3, -0.25) is 4.90 Å². The van der Waals surface area contributed by atoms with Gasteiger partial charge in [-0.25, -0.2) is 9.97 Å². The summed E-state index contributed by atoms with van der Waals surface area (Å²) in [6, 6.07) is 8.72. The Balaban J connectivity index is 1.41. The first-order valence-electron chi connectivity index (χ1n) is 8.76. The Morgan fingerprint density at radius 2 is 1.96 bits per heavy atom. The molecule has 122 valence electrons. The molecule has 0 amide bonds. The topological polar surface area (TPSA) is 67.1 Å². The fourth-order valence-corrected chi connectivity index (χ4v) is 4.05. The number of benzene rings is 1. The lowest BCUT2D eigenvalue weighted by atomic mass is 9.88. The van der Waals surface area contributed by atoms with E-state index in [9.17, 15) is 0 Å². The van der Waals surface area contributed by atoms with Crippen LogP contribution < -0.4 is 11.1 Å². The third-order valence-corrected chi connectivity index (χ3v) is 5.34. The minimum atomic E-state index is 0.593. The van der Waals surface area contributed by atoms with Gasteiger partial charge in [0.2, 0.25) is 0 Å². The van der Waals surface area contributed by atoms with Crippen molar-refractivity contribution in [2.75, 3.05) is 25.4 Å². The number of nitrogens with zero attached hydrogens (tertiary/aromatic N) is 3. The molecule has 0 radical (unpaired) electrons. The van der Waals surface area contributed by atoms with Gasteiger partial charge < -0.3 is 11.1 Å². The van der Waals surface area contributed by atoms with Gasteiger partial charge in [0.1, 0.15) is 11.6 Å². The molecule has 5 heteroatoms. The van der Waals surface area contributed by atoms with Gasteiger partial charge in [-0.1, -0.05) is 12.1 Å². The molecule has 0 saturated carbocycles. The molecule has 3 N–H and O–H groups in total. The average Bonchev–Trinajstić information content (AvgIpc) is 3.10. The number of nitrogens with one attached hydrogen (secondary N) is 1. The predicted molar refractivity (Wildman–Crippen MR) is 93.0 cm³/mol. The summed E-state index contributed by atoms with van der Waals surface area (Å²) < 4.78 is 0. The van der Waals surface area contributed by atoms with Crippen LogP contribution in [0.25, 0.3) is 10.9 Å². The van der Waals surface area contributed by atoms with E-state index in [1.165, 1.54) is 32.2 Å². The van der Waals surface area contributed by atoms with Crippen molar-refractivity contribution in [2.45, 2.75) is 38.3 Å². The predicted octanol–water partition coefficient (Wildman–Crippen LogP) is 2.18. The highest BCUT2D eigenvalue weighted by molar-refractivity contribution is 5.87. The number of nitrogens with two attached hydrogens (primary N) is 1. The minimum Gasteiger partial charge on any atom is -0.383 e. The number of anilines is 1. The molecule has 0 aliphatic carbocycles. The molecule has 0 spiro atoms. The molecule has 23 heavy (non-hydrogen) atoms. The fraction of sp³-hybridized carbons (Fsp3) is 0.556. The van der Waals surface area contributed by atoms with Crippen molar-refractivity contribution in [1.29, 1.82) is 0 Å². The van der Waals surface area contributed by atoms with Gasteiger partial charge in [-0.15, -0.1) is 0 Å². The van der Waals surface area contributed by atoms with E-state index in [-0.39, 0.29) is 0 Å². The molecule has 1 atom stereocenters. The van der Waals surface area contributed by atoms with Gasteiger partial charge in [0.25, 0.3) is 0 Å². The first-order valence-corrected chi connectivity index (χ1v) is 8.76. The van der Waals surface area contributed by atoms with Crippen LogP contribution >= 0.6 is 0 Å². The summed E-state index contributed by atoms with van der Waals surface area (Å²) in [5.74, 6) is 2.28. The van der Waals surface area contributed by atoms with Crippen molar-refractivity contribution >= 4 is 16.7 Å². The lowest BCUT2D eigenvalue weighted by Gasteiger charge is -2.34. The van der Waals surface area contributed by atoms with Gasteiger partial charge >= 0.3 is 0 Å². The number of fused-ring (bicyclic) bond motifs is 1. The molecule has 4 rings (SSSR count). The number of rotatable bonds is 3. The molecule has 3 heterocycles. The quantitative estimate of drug-likeness (QED) is 0.909. The van der Waals surface area contributed by atoms with Crippen LogP contribution in [0.3, 0.4) is 0 Å². The number of hydrogen-bond acceptors (Lipinski definition) is 5. The van der Waals surface area contributed by atoms with Crippen molar-refractivity contribution in [3.8, 4) is 0 Å². The zero-order valence-corrected chi connectivity index (χ0v) is 13.5. The Kier molecular flexibility index (Phi) is 4.14. The summed E-state index contributed by atoms with van der Waals surface area (Å²) in [4.78, 5) is 11.7. The van der Waals surface area contributed by atoms with Gasteiger partial charge in [0.15, 0.2) is 0 Å². The van der Waals surface area contributed by atoms with E-state index in [2.05, 4.69) is 20.2 Å². The van der Waals surface area contributed by atoms with Crippen molar-refractivity contribution in [2.24, 2.45) is 5.92 Å². The van der Waals surface area contributed by atoms with Gasteiger partial charge in [0, 0.05) is 11.4 Å².